The molecule has 0 aromatic heterocycles. The number of nitrogens with one attached hydrogen (secondary N) is 2. The second-order valence-electron chi connectivity index (χ2n) is 6.99. The summed E-state index contributed by atoms with van der Waals surface area (Å²) in [7, 11) is 0. The fourth-order valence-electron chi connectivity index (χ4n) is 3.28. The Bertz CT molecular complexity index is 743. The van der Waals surface area contributed by atoms with E-state index in [1.807, 2.05) is 0 Å². The molecule has 3 amide bonds. The molecule has 9 nitrogen and oxygen atoms in total. The third-order valence-corrected chi connectivity index (χ3v) is 4.91. The first-order chi connectivity index (χ1) is 13.8. The van der Waals surface area contributed by atoms with Gasteiger partial charge < -0.3 is 20.6 Å². The van der Waals surface area contributed by atoms with Crippen LogP contribution in [0, 0.1) is 4.91 Å². The van der Waals surface area contributed by atoms with Gasteiger partial charge in [-0.3, -0.25) is 14.4 Å². The molecule has 0 spiro atoms. The lowest BCUT2D eigenvalue weighted by molar-refractivity contribution is -0.141. The molecule has 0 aliphatic carbocycles. The normalized spacial score (nSPS) is 19.5. The number of amides is 3. The number of β-amino-alcohol motifs (C(OH)–C–C–N with tert-alkyl or cyclic N) is 1. The van der Waals surface area contributed by atoms with Crippen LogP contribution >= 0.6 is 11.6 Å². The van der Waals surface area contributed by atoms with Crippen molar-refractivity contribution < 1.29 is 19.5 Å². The van der Waals surface area contributed by atoms with E-state index in [1.165, 1.54) is 11.8 Å². The molecule has 158 valence electrons. The number of carbonyl (C=O) groups is 3. The van der Waals surface area contributed by atoms with Gasteiger partial charge in [0.1, 0.15) is 12.1 Å². The van der Waals surface area contributed by atoms with Crippen LogP contribution in [0.15, 0.2) is 29.4 Å². The van der Waals surface area contributed by atoms with Crippen LogP contribution in [0.3, 0.4) is 0 Å². The summed E-state index contributed by atoms with van der Waals surface area (Å²) in [4.78, 5) is 48.7. The summed E-state index contributed by atoms with van der Waals surface area (Å²) >= 11 is 5.85. The van der Waals surface area contributed by atoms with Gasteiger partial charge in [-0.2, -0.15) is 4.91 Å². The average Bonchev–Trinajstić information content (AvgIpc) is 3.07. The van der Waals surface area contributed by atoms with Crippen molar-refractivity contribution in [2.24, 2.45) is 5.18 Å². The molecule has 1 saturated heterocycles. The fraction of sp³-hybridized carbons (Fsp3) is 0.526. The summed E-state index contributed by atoms with van der Waals surface area (Å²) in [5.74, 6) is -1.25. The van der Waals surface area contributed by atoms with E-state index in [4.69, 9.17) is 11.6 Å². The molecule has 3 atom stereocenters. The molecule has 0 unspecified atom stereocenters. The fourth-order valence-corrected chi connectivity index (χ4v) is 3.40. The molecular weight excluding hydrogens is 400 g/mol. The van der Waals surface area contributed by atoms with Crippen molar-refractivity contribution in [3.05, 3.63) is 39.8 Å². The molecule has 0 saturated carbocycles. The predicted octanol–water partition coefficient (Wildman–Crippen LogP) is 0.969. The number of nitroso groups, excluding NO2 is 1. The van der Waals surface area contributed by atoms with Crippen LogP contribution in [0.5, 0.6) is 0 Å². The van der Waals surface area contributed by atoms with Crippen molar-refractivity contribution in [1.29, 1.82) is 0 Å². The van der Waals surface area contributed by atoms with Crippen molar-refractivity contribution in [3.8, 4) is 0 Å². The average molecular weight is 425 g/mol. The Hall–Kier alpha value is -2.52. The summed E-state index contributed by atoms with van der Waals surface area (Å²) in [6.45, 7) is 1.56. The summed E-state index contributed by atoms with van der Waals surface area (Å²) < 4.78 is 0. The van der Waals surface area contributed by atoms with Crippen molar-refractivity contribution in [2.45, 2.75) is 50.9 Å². The molecule has 2 rings (SSSR count). The number of nitrogens with zero attached hydrogens (tertiary/aromatic N) is 2. The van der Waals surface area contributed by atoms with Gasteiger partial charge in [-0.15, -0.1) is 0 Å². The highest BCUT2D eigenvalue weighted by molar-refractivity contribution is 6.30. The summed E-state index contributed by atoms with van der Waals surface area (Å²) in [6.07, 6.45) is -0.180. The molecule has 1 aromatic carbocycles. The first-order valence-electron chi connectivity index (χ1n) is 9.38. The van der Waals surface area contributed by atoms with Gasteiger partial charge in [0, 0.05) is 31.5 Å². The Kier molecular flexibility index (Phi) is 8.53. The lowest BCUT2D eigenvalue weighted by Gasteiger charge is -2.28. The molecule has 1 aliphatic heterocycles. The van der Waals surface area contributed by atoms with Crippen LogP contribution in [0.25, 0.3) is 0 Å². The van der Waals surface area contributed by atoms with Crippen LogP contribution < -0.4 is 10.6 Å². The third kappa shape index (κ3) is 6.79. The van der Waals surface area contributed by atoms with Gasteiger partial charge in [-0.05, 0) is 30.5 Å². The van der Waals surface area contributed by atoms with Gasteiger partial charge in [0.15, 0.2) is 0 Å². The Morgan fingerprint density at radius 3 is 2.62 bits per heavy atom. The van der Waals surface area contributed by atoms with E-state index in [9.17, 15) is 24.4 Å². The molecule has 0 radical (unpaired) electrons. The highest BCUT2D eigenvalue weighted by atomic mass is 35.5. The lowest BCUT2D eigenvalue weighted by Crippen LogP contribution is -2.53. The number of aliphatic hydroxyl groups excluding tert-OH is 1. The van der Waals surface area contributed by atoms with Crippen LogP contribution in [-0.2, 0) is 20.9 Å². The number of aliphatic hydroxyl groups is 1. The quantitative estimate of drug-likeness (QED) is 0.402. The van der Waals surface area contributed by atoms with E-state index in [-0.39, 0.29) is 38.4 Å². The minimum absolute atomic E-state index is 0.000119. The molecule has 1 aromatic rings. The number of benzene rings is 1. The van der Waals surface area contributed by atoms with E-state index in [2.05, 4.69) is 15.8 Å². The molecule has 0 bridgehead atoms. The smallest absolute Gasteiger partial charge is 0.245 e. The summed E-state index contributed by atoms with van der Waals surface area (Å²) in [5, 5.41) is 18.7. The molecule has 1 heterocycles. The van der Waals surface area contributed by atoms with Crippen molar-refractivity contribution in [3.63, 3.8) is 0 Å². The largest absolute Gasteiger partial charge is 0.391 e. The Morgan fingerprint density at radius 1 is 1.31 bits per heavy atom. The van der Waals surface area contributed by atoms with Gasteiger partial charge >= 0.3 is 0 Å². The molecule has 1 aliphatic rings. The highest BCUT2D eigenvalue weighted by Gasteiger charge is 2.41. The van der Waals surface area contributed by atoms with Gasteiger partial charge in [0.05, 0.1) is 12.6 Å². The van der Waals surface area contributed by atoms with Crippen molar-refractivity contribution in [2.75, 3.05) is 13.1 Å². The SMILES string of the molecule is CC(=O)N[C@@H](CCCN=O)C(=O)N1C[C@H](O)C[C@H]1C(=O)NCc1ccc(Cl)cc1. The van der Waals surface area contributed by atoms with Crippen LogP contribution in [0.2, 0.25) is 5.02 Å². The number of halogens is 1. The standard InChI is InChI=1S/C19H25ClN4O5/c1-12(25)23-16(3-2-8-22-29)19(28)24-11-15(26)9-17(24)18(27)21-10-13-4-6-14(20)7-5-13/h4-7,15-17,26H,2-3,8-11H2,1H3,(H,21,27)(H,23,25)/t15-,16+,17+/m1/s1. The maximum Gasteiger partial charge on any atom is 0.245 e. The second kappa shape index (κ2) is 10.9. The van der Waals surface area contributed by atoms with Gasteiger partial charge in [-0.25, -0.2) is 0 Å². The number of rotatable bonds is 9. The summed E-state index contributed by atoms with van der Waals surface area (Å²) in [5.41, 5.74) is 0.844. The Balaban J connectivity index is 2.04. The maximum atomic E-state index is 12.9. The molecule has 3 N–H and O–H groups in total. The monoisotopic (exact) mass is 424 g/mol. The van der Waals surface area contributed by atoms with Gasteiger partial charge in [-0.1, -0.05) is 28.9 Å². The van der Waals surface area contributed by atoms with Gasteiger partial charge in [0.25, 0.3) is 0 Å². The topological polar surface area (TPSA) is 128 Å². The molecule has 10 heteroatoms. The Labute approximate surface area is 173 Å². The number of likely N-dealkylation sites (tertiary alicyclic amines) is 1. The third-order valence-electron chi connectivity index (χ3n) is 4.66. The van der Waals surface area contributed by atoms with Crippen LogP contribution in [0.1, 0.15) is 31.7 Å². The van der Waals surface area contributed by atoms with Crippen LogP contribution in [-0.4, -0.2) is 59.0 Å². The molecular formula is C19H25ClN4O5. The molecule has 29 heavy (non-hydrogen) atoms. The maximum absolute atomic E-state index is 12.9. The number of hydrogen-bond donors (Lipinski definition) is 3. The first-order valence-corrected chi connectivity index (χ1v) is 9.76. The minimum atomic E-state index is -0.883. The van der Waals surface area contributed by atoms with Crippen molar-refractivity contribution >= 4 is 29.3 Å². The van der Waals surface area contributed by atoms with Gasteiger partial charge in [0.2, 0.25) is 17.7 Å². The zero-order chi connectivity index (χ0) is 21.4. The van der Waals surface area contributed by atoms with E-state index < -0.39 is 30.0 Å². The molecule has 1 fully saturated rings. The summed E-state index contributed by atoms with van der Waals surface area (Å²) in [6, 6.07) is 5.26. The van der Waals surface area contributed by atoms with Crippen LogP contribution in [0.4, 0.5) is 0 Å². The number of hydrogen-bond acceptors (Lipinski definition) is 6. The Morgan fingerprint density at radius 2 is 2.00 bits per heavy atom. The predicted molar refractivity (Wildman–Crippen MR) is 107 cm³/mol. The first kappa shape index (κ1) is 22.8. The zero-order valence-electron chi connectivity index (χ0n) is 16.1. The lowest BCUT2D eigenvalue weighted by atomic mass is 10.1. The minimum Gasteiger partial charge on any atom is -0.391 e. The number of carbonyl (C=O) groups excluding carboxylic acids is 3. The van der Waals surface area contributed by atoms with E-state index in [1.54, 1.807) is 24.3 Å². The van der Waals surface area contributed by atoms with Crippen molar-refractivity contribution in [1.82, 2.24) is 15.5 Å². The zero-order valence-corrected chi connectivity index (χ0v) is 16.9. The van der Waals surface area contributed by atoms with E-state index in [0.717, 1.165) is 5.56 Å². The van der Waals surface area contributed by atoms with E-state index in [0.29, 0.717) is 11.4 Å². The van der Waals surface area contributed by atoms with E-state index >= 15 is 0 Å². The second-order valence-corrected chi connectivity index (χ2v) is 7.42. The highest BCUT2D eigenvalue weighted by Crippen LogP contribution is 2.21.